The van der Waals surface area contributed by atoms with Crippen molar-refractivity contribution in [2.24, 2.45) is 0 Å². The zero-order valence-electron chi connectivity index (χ0n) is 12.3. The van der Waals surface area contributed by atoms with Crippen LogP contribution in [0.25, 0.3) is 0 Å². The minimum Gasteiger partial charge on any atom is -0.465 e. The fourth-order valence-corrected chi connectivity index (χ4v) is 2.80. The number of rotatable bonds is 8. The van der Waals surface area contributed by atoms with E-state index in [9.17, 15) is 9.59 Å². The van der Waals surface area contributed by atoms with Gasteiger partial charge in [-0.3, -0.25) is 9.59 Å². The van der Waals surface area contributed by atoms with E-state index in [2.05, 4.69) is 0 Å². The topological polar surface area (TPSA) is 46.6 Å². The quantitative estimate of drug-likeness (QED) is 0.688. The van der Waals surface area contributed by atoms with Gasteiger partial charge in [0.25, 0.3) is 0 Å². The Labute approximate surface area is 134 Å². The predicted molar refractivity (Wildman–Crippen MR) is 86.5 cm³/mol. The summed E-state index contributed by atoms with van der Waals surface area (Å²) in [5.41, 5.74) is 1.08. The van der Waals surface area contributed by atoms with Crippen LogP contribution in [0.2, 0.25) is 5.02 Å². The molecule has 1 rings (SSSR count). The number of likely N-dealkylation sites (N-methyl/N-ethyl adjacent to an activating group) is 1. The number of amides is 1. The van der Waals surface area contributed by atoms with Crippen LogP contribution in [-0.4, -0.2) is 42.2 Å². The Morgan fingerprint density at radius 1 is 1.33 bits per heavy atom. The zero-order chi connectivity index (χ0) is 15.7. The van der Waals surface area contributed by atoms with E-state index < -0.39 is 0 Å². The molecule has 0 fully saturated rings. The molecule has 0 unspecified atom stereocenters. The van der Waals surface area contributed by atoms with Crippen molar-refractivity contribution >= 4 is 35.2 Å². The summed E-state index contributed by atoms with van der Waals surface area (Å²) < 4.78 is 4.86. The van der Waals surface area contributed by atoms with Crippen molar-refractivity contribution in [3.63, 3.8) is 0 Å². The number of esters is 1. The molecule has 0 atom stereocenters. The lowest BCUT2D eigenvalue weighted by molar-refractivity contribution is -0.148. The first-order chi connectivity index (χ1) is 10.1. The van der Waals surface area contributed by atoms with Gasteiger partial charge in [0, 0.05) is 17.3 Å². The lowest BCUT2D eigenvalue weighted by Gasteiger charge is -2.19. The van der Waals surface area contributed by atoms with E-state index in [0.29, 0.717) is 29.7 Å². The standard InChI is InChI=1S/C15H20ClNO3S/c1-3-17(9-15(19)20-4-2)14(18)11-21-10-12-6-5-7-13(16)8-12/h5-8H,3-4,9-11H2,1-2H3. The molecule has 0 aliphatic rings. The van der Waals surface area contributed by atoms with Crippen LogP contribution < -0.4 is 0 Å². The maximum absolute atomic E-state index is 12.0. The fraction of sp³-hybridized carbons (Fsp3) is 0.467. The molecule has 4 nitrogen and oxygen atoms in total. The molecule has 0 bridgehead atoms. The van der Waals surface area contributed by atoms with Gasteiger partial charge in [0.05, 0.1) is 12.4 Å². The summed E-state index contributed by atoms with van der Waals surface area (Å²) in [7, 11) is 0. The summed E-state index contributed by atoms with van der Waals surface area (Å²) >= 11 is 7.42. The Morgan fingerprint density at radius 3 is 2.71 bits per heavy atom. The molecule has 0 aliphatic heterocycles. The summed E-state index contributed by atoms with van der Waals surface area (Å²) in [6, 6.07) is 7.56. The second-order valence-corrected chi connectivity index (χ2v) is 5.76. The summed E-state index contributed by atoms with van der Waals surface area (Å²) in [5, 5.41) is 0.692. The van der Waals surface area contributed by atoms with Crippen molar-refractivity contribution in [1.29, 1.82) is 0 Å². The molecule has 0 heterocycles. The molecule has 0 saturated carbocycles. The van der Waals surface area contributed by atoms with E-state index in [1.165, 1.54) is 16.7 Å². The lowest BCUT2D eigenvalue weighted by Crippen LogP contribution is -2.37. The Kier molecular flexibility index (Phi) is 8.23. The first-order valence-corrected chi connectivity index (χ1v) is 8.35. The minimum atomic E-state index is -0.368. The molecule has 0 aromatic heterocycles. The molecule has 0 N–H and O–H groups in total. The van der Waals surface area contributed by atoms with Crippen molar-refractivity contribution in [2.75, 3.05) is 25.4 Å². The third kappa shape index (κ3) is 6.87. The Hall–Kier alpha value is -1.20. The van der Waals surface area contributed by atoms with Crippen molar-refractivity contribution in [3.05, 3.63) is 34.9 Å². The normalized spacial score (nSPS) is 10.2. The third-order valence-corrected chi connectivity index (χ3v) is 3.97. The van der Waals surface area contributed by atoms with E-state index >= 15 is 0 Å². The van der Waals surface area contributed by atoms with Crippen molar-refractivity contribution in [3.8, 4) is 0 Å². The van der Waals surface area contributed by atoms with Crippen LogP contribution in [0.15, 0.2) is 24.3 Å². The molecular weight excluding hydrogens is 310 g/mol. The Morgan fingerprint density at radius 2 is 2.10 bits per heavy atom. The van der Waals surface area contributed by atoms with Crippen LogP contribution >= 0.6 is 23.4 Å². The van der Waals surface area contributed by atoms with Gasteiger partial charge in [-0.2, -0.15) is 0 Å². The second kappa shape index (κ2) is 9.68. The van der Waals surface area contributed by atoms with Gasteiger partial charge in [-0.05, 0) is 31.5 Å². The molecule has 1 aromatic rings. The van der Waals surface area contributed by atoms with Gasteiger partial charge in [0.2, 0.25) is 5.91 Å². The molecule has 0 spiro atoms. The average Bonchev–Trinajstić information content (AvgIpc) is 2.45. The van der Waals surface area contributed by atoms with Crippen LogP contribution in [0.5, 0.6) is 0 Å². The predicted octanol–water partition coefficient (Wildman–Crippen LogP) is 2.98. The summed E-state index contributed by atoms with van der Waals surface area (Å²) in [4.78, 5) is 25.0. The monoisotopic (exact) mass is 329 g/mol. The second-order valence-electron chi connectivity index (χ2n) is 4.34. The molecule has 116 valence electrons. The van der Waals surface area contributed by atoms with Crippen molar-refractivity contribution < 1.29 is 14.3 Å². The molecular formula is C15H20ClNO3S. The number of thioether (sulfide) groups is 1. The molecule has 1 amide bonds. The van der Waals surface area contributed by atoms with Gasteiger partial charge < -0.3 is 9.64 Å². The number of nitrogens with zero attached hydrogens (tertiary/aromatic N) is 1. The highest BCUT2D eigenvalue weighted by Crippen LogP contribution is 2.16. The summed E-state index contributed by atoms with van der Waals surface area (Å²) in [6.07, 6.45) is 0. The Balaban J connectivity index is 2.38. The van der Waals surface area contributed by atoms with Crippen LogP contribution in [-0.2, 0) is 20.1 Å². The molecule has 6 heteroatoms. The Bertz CT molecular complexity index is 482. The van der Waals surface area contributed by atoms with Gasteiger partial charge >= 0.3 is 5.97 Å². The number of ether oxygens (including phenoxy) is 1. The van der Waals surface area contributed by atoms with Crippen molar-refractivity contribution in [1.82, 2.24) is 4.90 Å². The average molecular weight is 330 g/mol. The van der Waals surface area contributed by atoms with E-state index in [0.717, 1.165) is 5.56 Å². The van der Waals surface area contributed by atoms with Crippen LogP contribution in [0.4, 0.5) is 0 Å². The SMILES string of the molecule is CCOC(=O)CN(CC)C(=O)CSCc1cccc(Cl)c1. The van der Waals surface area contributed by atoms with Crippen LogP contribution in [0, 0.1) is 0 Å². The number of hydrogen-bond acceptors (Lipinski definition) is 4. The van der Waals surface area contributed by atoms with Gasteiger partial charge in [-0.15, -0.1) is 11.8 Å². The number of carbonyl (C=O) groups is 2. The van der Waals surface area contributed by atoms with E-state index in [-0.39, 0.29) is 18.4 Å². The molecule has 1 aromatic carbocycles. The number of hydrogen-bond donors (Lipinski definition) is 0. The van der Waals surface area contributed by atoms with Crippen LogP contribution in [0.1, 0.15) is 19.4 Å². The number of benzene rings is 1. The minimum absolute atomic E-state index is 0.0148. The van der Waals surface area contributed by atoms with Crippen molar-refractivity contribution in [2.45, 2.75) is 19.6 Å². The third-order valence-electron chi connectivity index (χ3n) is 2.74. The molecule has 0 radical (unpaired) electrons. The van der Waals surface area contributed by atoms with E-state index in [1.54, 1.807) is 6.92 Å². The van der Waals surface area contributed by atoms with Gasteiger partial charge in [0.1, 0.15) is 6.54 Å². The molecule has 21 heavy (non-hydrogen) atoms. The molecule has 0 aliphatic carbocycles. The smallest absolute Gasteiger partial charge is 0.325 e. The highest BCUT2D eigenvalue weighted by Gasteiger charge is 2.15. The summed E-state index contributed by atoms with van der Waals surface area (Å²) in [5.74, 6) is 0.619. The largest absolute Gasteiger partial charge is 0.465 e. The fourth-order valence-electron chi connectivity index (χ4n) is 1.71. The van der Waals surface area contributed by atoms with Gasteiger partial charge in [-0.1, -0.05) is 23.7 Å². The van der Waals surface area contributed by atoms with E-state index in [1.807, 2.05) is 31.2 Å². The first kappa shape index (κ1) is 17.9. The summed E-state index contributed by atoms with van der Waals surface area (Å²) in [6.45, 7) is 4.43. The highest BCUT2D eigenvalue weighted by molar-refractivity contribution is 7.99. The van der Waals surface area contributed by atoms with Gasteiger partial charge in [-0.25, -0.2) is 0 Å². The zero-order valence-corrected chi connectivity index (χ0v) is 13.9. The number of carbonyl (C=O) groups excluding carboxylic acids is 2. The first-order valence-electron chi connectivity index (χ1n) is 6.82. The number of halogens is 1. The molecule has 0 saturated heterocycles. The van der Waals surface area contributed by atoms with Crippen LogP contribution in [0.3, 0.4) is 0 Å². The highest BCUT2D eigenvalue weighted by atomic mass is 35.5. The van der Waals surface area contributed by atoms with Gasteiger partial charge in [0.15, 0.2) is 0 Å². The maximum Gasteiger partial charge on any atom is 0.325 e. The maximum atomic E-state index is 12.0. The lowest BCUT2D eigenvalue weighted by atomic mass is 10.2. The van der Waals surface area contributed by atoms with E-state index in [4.69, 9.17) is 16.3 Å².